The van der Waals surface area contributed by atoms with Gasteiger partial charge in [0.15, 0.2) is 0 Å². The molecule has 0 aliphatic carbocycles. The van der Waals surface area contributed by atoms with Gasteiger partial charge < -0.3 is 9.47 Å². The highest BCUT2D eigenvalue weighted by molar-refractivity contribution is 7.17. The molecule has 0 aliphatic rings. The molecular weight excluding hydrogens is 290 g/mol. The average Bonchev–Trinajstić information content (AvgIpc) is 2.88. The Bertz CT molecular complexity index is 650. The summed E-state index contributed by atoms with van der Waals surface area (Å²) in [6.45, 7) is 1.75. The summed E-state index contributed by atoms with van der Waals surface area (Å²) in [5.74, 6) is 0.399. The number of hydrogen-bond donors (Lipinski definition) is 1. The Morgan fingerprint density at radius 2 is 2.05 bits per heavy atom. The van der Waals surface area contributed by atoms with E-state index in [2.05, 4.69) is 20.2 Å². The molecule has 7 heteroatoms. The minimum absolute atomic E-state index is 0.391. The molecule has 1 aromatic carbocycles. The zero-order valence-corrected chi connectivity index (χ0v) is 12.7. The first kappa shape index (κ1) is 15.0. The van der Waals surface area contributed by atoms with E-state index < -0.39 is 5.97 Å². The number of nitrogens with zero attached hydrogens (tertiary/aromatic N) is 2. The van der Waals surface area contributed by atoms with Crippen LogP contribution in [0.3, 0.4) is 0 Å². The standard InChI is InChI=1S/C14H15N3O3S/c1-9-12(13(18)20-3)21-14(16-9)17-15-8-10-4-6-11(19-2)7-5-10/h4-8H,1-3H3,(H,16,17). The summed E-state index contributed by atoms with van der Waals surface area (Å²) in [6.07, 6.45) is 1.66. The third-order valence-electron chi connectivity index (χ3n) is 2.66. The zero-order valence-electron chi connectivity index (χ0n) is 11.9. The van der Waals surface area contributed by atoms with Gasteiger partial charge in [0.25, 0.3) is 0 Å². The number of benzene rings is 1. The van der Waals surface area contributed by atoms with Crippen LogP contribution in [0, 0.1) is 6.92 Å². The van der Waals surface area contributed by atoms with Crippen molar-refractivity contribution in [1.82, 2.24) is 4.98 Å². The second kappa shape index (κ2) is 6.85. The number of ether oxygens (including phenoxy) is 2. The second-order valence-electron chi connectivity index (χ2n) is 4.07. The number of esters is 1. The zero-order chi connectivity index (χ0) is 15.2. The minimum Gasteiger partial charge on any atom is -0.497 e. The molecule has 0 spiro atoms. The number of anilines is 1. The van der Waals surface area contributed by atoms with Gasteiger partial charge in [0.2, 0.25) is 5.13 Å². The third-order valence-corrected chi connectivity index (χ3v) is 3.70. The Morgan fingerprint density at radius 3 is 2.67 bits per heavy atom. The molecule has 0 aliphatic heterocycles. The Kier molecular flexibility index (Phi) is 4.89. The molecular formula is C14H15N3O3S. The van der Waals surface area contributed by atoms with Crippen molar-refractivity contribution in [3.63, 3.8) is 0 Å². The highest BCUT2D eigenvalue weighted by Gasteiger charge is 2.15. The quantitative estimate of drug-likeness (QED) is 0.522. The van der Waals surface area contributed by atoms with E-state index in [4.69, 9.17) is 4.74 Å². The van der Waals surface area contributed by atoms with Gasteiger partial charge in [-0.3, -0.25) is 5.43 Å². The lowest BCUT2D eigenvalue weighted by Crippen LogP contribution is -1.99. The van der Waals surface area contributed by atoms with Crippen molar-refractivity contribution in [2.75, 3.05) is 19.6 Å². The summed E-state index contributed by atoms with van der Waals surface area (Å²) < 4.78 is 9.76. The maximum atomic E-state index is 11.5. The van der Waals surface area contributed by atoms with Gasteiger partial charge in [-0.2, -0.15) is 5.10 Å². The van der Waals surface area contributed by atoms with Crippen molar-refractivity contribution < 1.29 is 14.3 Å². The molecule has 21 heavy (non-hydrogen) atoms. The number of rotatable bonds is 5. The van der Waals surface area contributed by atoms with E-state index in [0.29, 0.717) is 15.7 Å². The molecule has 0 saturated heterocycles. The first-order valence-electron chi connectivity index (χ1n) is 6.13. The van der Waals surface area contributed by atoms with E-state index in [1.54, 1.807) is 20.2 Å². The number of hydrazone groups is 1. The fourth-order valence-electron chi connectivity index (χ4n) is 1.58. The molecule has 0 bridgehead atoms. The van der Waals surface area contributed by atoms with Crippen molar-refractivity contribution in [3.05, 3.63) is 40.4 Å². The van der Waals surface area contributed by atoms with Gasteiger partial charge in [-0.25, -0.2) is 9.78 Å². The van der Waals surface area contributed by atoms with E-state index in [-0.39, 0.29) is 0 Å². The monoisotopic (exact) mass is 305 g/mol. The summed E-state index contributed by atoms with van der Waals surface area (Å²) in [5, 5.41) is 4.63. The van der Waals surface area contributed by atoms with Crippen molar-refractivity contribution in [3.8, 4) is 5.75 Å². The minimum atomic E-state index is -0.391. The lowest BCUT2D eigenvalue weighted by molar-refractivity contribution is 0.0605. The van der Waals surface area contributed by atoms with E-state index in [1.807, 2.05) is 24.3 Å². The molecule has 0 fully saturated rings. The van der Waals surface area contributed by atoms with Gasteiger partial charge in [-0.1, -0.05) is 11.3 Å². The lowest BCUT2D eigenvalue weighted by Gasteiger charge is -1.98. The molecule has 1 N–H and O–H groups in total. The van der Waals surface area contributed by atoms with Gasteiger partial charge in [-0.05, 0) is 36.8 Å². The van der Waals surface area contributed by atoms with E-state index in [1.165, 1.54) is 18.4 Å². The molecule has 0 radical (unpaired) electrons. The van der Waals surface area contributed by atoms with Crippen LogP contribution in [0.15, 0.2) is 29.4 Å². The molecule has 110 valence electrons. The van der Waals surface area contributed by atoms with Crippen molar-refractivity contribution in [2.45, 2.75) is 6.92 Å². The van der Waals surface area contributed by atoms with Gasteiger partial charge in [0, 0.05) is 0 Å². The molecule has 2 aromatic rings. The molecule has 6 nitrogen and oxygen atoms in total. The maximum Gasteiger partial charge on any atom is 0.350 e. The summed E-state index contributed by atoms with van der Waals surface area (Å²) in [5.41, 5.74) is 4.34. The van der Waals surface area contributed by atoms with E-state index in [9.17, 15) is 4.79 Å². The first-order chi connectivity index (χ1) is 10.1. The molecule has 0 atom stereocenters. The molecule has 0 saturated carbocycles. The fraction of sp³-hybridized carbons (Fsp3) is 0.214. The summed E-state index contributed by atoms with van der Waals surface area (Å²) in [6, 6.07) is 7.47. The Hall–Kier alpha value is -2.41. The van der Waals surface area contributed by atoms with Crippen LogP contribution in [-0.2, 0) is 4.74 Å². The molecule has 2 rings (SSSR count). The molecule has 1 heterocycles. The number of carbonyl (C=O) groups excluding carboxylic acids is 1. The summed E-state index contributed by atoms with van der Waals surface area (Å²) in [4.78, 5) is 16.2. The van der Waals surface area contributed by atoms with Crippen molar-refractivity contribution in [2.24, 2.45) is 5.10 Å². The van der Waals surface area contributed by atoms with Gasteiger partial charge in [0.1, 0.15) is 10.6 Å². The molecule has 0 unspecified atom stereocenters. The third kappa shape index (κ3) is 3.79. The van der Waals surface area contributed by atoms with E-state index >= 15 is 0 Å². The van der Waals surface area contributed by atoms with Gasteiger partial charge >= 0.3 is 5.97 Å². The Morgan fingerprint density at radius 1 is 1.33 bits per heavy atom. The number of thiazole rings is 1. The number of aromatic nitrogens is 1. The predicted molar refractivity (Wildman–Crippen MR) is 82.4 cm³/mol. The van der Waals surface area contributed by atoms with Gasteiger partial charge in [0.05, 0.1) is 26.1 Å². The Labute approximate surface area is 126 Å². The first-order valence-corrected chi connectivity index (χ1v) is 6.94. The molecule has 0 amide bonds. The average molecular weight is 305 g/mol. The SMILES string of the molecule is COC(=O)c1sc(NN=Cc2ccc(OC)cc2)nc1C. The highest BCUT2D eigenvalue weighted by atomic mass is 32.1. The smallest absolute Gasteiger partial charge is 0.350 e. The van der Waals surface area contributed by atoms with Crippen LogP contribution in [0.1, 0.15) is 20.9 Å². The van der Waals surface area contributed by atoms with Gasteiger partial charge in [-0.15, -0.1) is 0 Å². The summed E-state index contributed by atoms with van der Waals surface area (Å²) >= 11 is 1.20. The van der Waals surface area contributed by atoms with Crippen LogP contribution in [0.4, 0.5) is 5.13 Å². The largest absolute Gasteiger partial charge is 0.497 e. The van der Waals surface area contributed by atoms with Crippen molar-refractivity contribution >= 4 is 28.7 Å². The summed E-state index contributed by atoms with van der Waals surface area (Å²) in [7, 11) is 2.96. The number of aryl methyl sites for hydroxylation is 1. The number of nitrogens with one attached hydrogen (secondary N) is 1. The predicted octanol–water partition coefficient (Wildman–Crippen LogP) is 2.69. The van der Waals surface area contributed by atoms with Crippen LogP contribution in [0.5, 0.6) is 5.75 Å². The highest BCUT2D eigenvalue weighted by Crippen LogP contribution is 2.23. The van der Waals surface area contributed by atoms with E-state index in [0.717, 1.165) is 11.3 Å². The maximum absolute atomic E-state index is 11.5. The second-order valence-corrected chi connectivity index (χ2v) is 5.07. The molecule has 1 aromatic heterocycles. The van der Waals surface area contributed by atoms with Crippen molar-refractivity contribution in [1.29, 1.82) is 0 Å². The van der Waals surface area contributed by atoms with Crippen LogP contribution < -0.4 is 10.2 Å². The lowest BCUT2D eigenvalue weighted by atomic mass is 10.2. The number of carbonyl (C=O) groups is 1. The number of methoxy groups -OCH3 is 2. The van der Waals surface area contributed by atoms with Crippen LogP contribution in [0.2, 0.25) is 0 Å². The normalized spacial score (nSPS) is 10.6. The van der Waals surface area contributed by atoms with Crippen LogP contribution in [-0.4, -0.2) is 31.4 Å². The van der Waals surface area contributed by atoms with Crippen LogP contribution in [0.25, 0.3) is 0 Å². The number of hydrogen-bond acceptors (Lipinski definition) is 7. The Balaban J connectivity index is 2.02. The fourth-order valence-corrected chi connectivity index (χ4v) is 2.41. The topological polar surface area (TPSA) is 72.8 Å². The van der Waals surface area contributed by atoms with Crippen LogP contribution >= 0.6 is 11.3 Å².